The smallest absolute Gasteiger partial charge is 0.251 e. The predicted octanol–water partition coefficient (Wildman–Crippen LogP) is 2.61. The topological polar surface area (TPSA) is 66.8 Å². The molecule has 0 spiro atoms. The Kier molecular flexibility index (Phi) is 4.50. The van der Waals surface area contributed by atoms with Crippen LogP contribution < -0.4 is 5.56 Å². The molecule has 1 fully saturated rings. The minimum atomic E-state index is -0.0715. The van der Waals surface area contributed by atoms with Crippen molar-refractivity contribution in [3.8, 4) is 10.6 Å². The van der Waals surface area contributed by atoms with Crippen molar-refractivity contribution in [2.75, 3.05) is 13.1 Å². The molecule has 6 nitrogen and oxygen atoms in total. The highest BCUT2D eigenvalue weighted by atomic mass is 32.1. The summed E-state index contributed by atoms with van der Waals surface area (Å²) in [5, 5.41) is 6.25. The summed E-state index contributed by atoms with van der Waals surface area (Å²) in [6.07, 6.45) is 6.14. The molecule has 130 valence electrons. The maximum Gasteiger partial charge on any atom is 0.251 e. The Bertz CT molecular complexity index is 898. The largest absolute Gasteiger partial charge is 0.310 e. The molecule has 0 saturated carbocycles. The second-order valence-corrected chi connectivity index (χ2v) is 7.54. The van der Waals surface area contributed by atoms with E-state index in [1.54, 1.807) is 17.4 Å². The molecule has 0 amide bonds. The molecule has 0 radical (unpaired) electrons. The molecule has 0 unspecified atom stereocenters. The number of likely N-dealkylation sites (tertiary alicyclic amines) is 1. The van der Waals surface area contributed by atoms with Crippen LogP contribution in [0.15, 0.2) is 40.8 Å². The first-order valence-electron chi connectivity index (χ1n) is 8.52. The zero-order valence-corrected chi connectivity index (χ0v) is 15.0. The van der Waals surface area contributed by atoms with Gasteiger partial charge in [0.15, 0.2) is 0 Å². The van der Waals surface area contributed by atoms with Gasteiger partial charge in [-0.3, -0.25) is 14.4 Å². The fourth-order valence-corrected chi connectivity index (χ4v) is 4.14. The molecule has 3 aromatic rings. The number of aromatic amines is 1. The number of H-pyrrole nitrogens is 1. The molecule has 1 saturated heterocycles. The van der Waals surface area contributed by atoms with E-state index in [9.17, 15) is 4.79 Å². The first-order valence-corrected chi connectivity index (χ1v) is 9.40. The van der Waals surface area contributed by atoms with Crippen LogP contribution in [0.2, 0.25) is 0 Å². The van der Waals surface area contributed by atoms with Crippen molar-refractivity contribution < 1.29 is 0 Å². The van der Waals surface area contributed by atoms with E-state index in [4.69, 9.17) is 4.98 Å². The fourth-order valence-electron chi connectivity index (χ4n) is 3.45. The van der Waals surface area contributed by atoms with Crippen LogP contribution in [0.4, 0.5) is 0 Å². The minimum Gasteiger partial charge on any atom is -0.310 e. The first kappa shape index (κ1) is 16.2. The van der Waals surface area contributed by atoms with Crippen molar-refractivity contribution in [2.24, 2.45) is 7.05 Å². The van der Waals surface area contributed by atoms with Crippen molar-refractivity contribution in [2.45, 2.75) is 25.3 Å². The lowest BCUT2D eigenvalue weighted by molar-refractivity contribution is 0.196. The third kappa shape index (κ3) is 3.72. The zero-order chi connectivity index (χ0) is 17.2. The number of thiophene rings is 1. The Labute approximate surface area is 150 Å². The molecule has 0 aliphatic carbocycles. The second-order valence-electron chi connectivity index (χ2n) is 6.59. The molecule has 1 atom stereocenters. The van der Waals surface area contributed by atoms with Gasteiger partial charge in [0.2, 0.25) is 0 Å². The third-order valence-electron chi connectivity index (χ3n) is 4.59. The van der Waals surface area contributed by atoms with Crippen molar-refractivity contribution in [3.63, 3.8) is 0 Å². The van der Waals surface area contributed by atoms with E-state index in [2.05, 4.69) is 21.2 Å². The van der Waals surface area contributed by atoms with Crippen LogP contribution in [-0.2, 0) is 13.6 Å². The normalized spacial score (nSPS) is 18.5. The van der Waals surface area contributed by atoms with E-state index in [0.29, 0.717) is 0 Å². The molecule has 1 N–H and O–H groups in total. The van der Waals surface area contributed by atoms with Gasteiger partial charge in [0.25, 0.3) is 5.56 Å². The van der Waals surface area contributed by atoms with Crippen LogP contribution in [-0.4, -0.2) is 37.7 Å². The highest BCUT2D eigenvalue weighted by Crippen LogP contribution is 2.27. The van der Waals surface area contributed by atoms with Gasteiger partial charge in [-0.15, -0.1) is 11.3 Å². The van der Waals surface area contributed by atoms with E-state index in [-0.39, 0.29) is 11.5 Å². The summed E-state index contributed by atoms with van der Waals surface area (Å²) >= 11 is 1.61. The summed E-state index contributed by atoms with van der Waals surface area (Å²) in [4.78, 5) is 23.3. The van der Waals surface area contributed by atoms with E-state index in [1.165, 1.54) is 5.56 Å². The Morgan fingerprint density at radius 2 is 2.36 bits per heavy atom. The van der Waals surface area contributed by atoms with Gasteiger partial charge >= 0.3 is 0 Å². The lowest BCUT2D eigenvalue weighted by Gasteiger charge is -2.31. The number of hydrogen-bond acceptors (Lipinski definition) is 5. The molecule has 3 aromatic heterocycles. The summed E-state index contributed by atoms with van der Waals surface area (Å²) in [6, 6.07) is 5.58. The van der Waals surface area contributed by atoms with Gasteiger partial charge in [-0.25, -0.2) is 4.98 Å². The number of piperidine rings is 1. The van der Waals surface area contributed by atoms with Crippen molar-refractivity contribution in [1.82, 2.24) is 24.6 Å². The summed E-state index contributed by atoms with van der Waals surface area (Å²) in [5.41, 5.74) is 1.92. The van der Waals surface area contributed by atoms with Gasteiger partial charge in [-0.05, 0) is 30.8 Å². The number of aryl methyl sites for hydroxylation is 1. The van der Waals surface area contributed by atoms with E-state index in [0.717, 1.165) is 48.9 Å². The first-order chi connectivity index (χ1) is 12.2. The molecule has 4 rings (SSSR count). The number of hydrogen-bond donors (Lipinski definition) is 1. The van der Waals surface area contributed by atoms with Crippen LogP contribution in [0, 0.1) is 0 Å². The molecule has 1 aliphatic rings. The van der Waals surface area contributed by atoms with Gasteiger partial charge in [0.05, 0.1) is 16.8 Å². The Hall–Kier alpha value is -2.25. The fraction of sp³-hybridized carbons (Fsp3) is 0.389. The maximum atomic E-state index is 12.1. The molecule has 0 aromatic carbocycles. The van der Waals surface area contributed by atoms with Crippen LogP contribution >= 0.6 is 11.3 Å². The number of nitrogens with one attached hydrogen (secondary N) is 1. The third-order valence-corrected chi connectivity index (χ3v) is 5.48. The van der Waals surface area contributed by atoms with E-state index < -0.39 is 0 Å². The molecule has 1 aliphatic heterocycles. The predicted molar refractivity (Wildman–Crippen MR) is 98.6 cm³/mol. The minimum absolute atomic E-state index is 0.0715. The lowest BCUT2D eigenvalue weighted by atomic mass is 9.96. The summed E-state index contributed by atoms with van der Waals surface area (Å²) in [6.45, 7) is 2.87. The summed E-state index contributed by atoms with van der Waals surface area (Å²) < 4.78 is 1.83. The van der Waals surface area contributed by atoms with Crippen molar-refractivity contribution >= 4 is 11.3 Å². The van der Waals surface area contributed by atoms with Crippen LogP contribution in [0.3, 0.4) is 0 Å². The number of aromatic nitrogens is 4. The van der Waals surface area contributed by atoms with Gasteiger partial charge < -0.3 is 4.98 Å². The molecular formula is C18H21N5OS. The molecule has 4 heterocycles. The molecule has 7 heteroatoms. The second kappa shape index (κ2) is 6.93. The van der Waals surface area contributed by atoms with Crippen LogP contribution in [0.1, 0.15) is 30.1 Å². The SMILES string of the molecule is Cn1cc(CN2CCC[C@@H](c3nc(-c4cccs4)cc(=O)[nH]3)C2)cn1. The summed E-state index contributed by atoms with van der Waals surface area (Å²) in [7, 11) is 1.94. The van der Waals surface area contributed by atoms with Gasteiger partial charge in [-0.1, -0.05) is 6.07 Å². The maximum absolute atomic E-state index is 12.1. The van der Waals surface area contributed by atoms with Gasteiger partial charge in [-0.2, -0.15) is 5.10 Å². The summed E-state index contributed by atoms with van der Waals surface area (Å²) in [5.74, 6) is 1.07. The van der Waals surface area contributed by atoms with E-state index >= 15 is 0 Å². The zero-order valence-electron chi connectivity index (χ0n) is 14.2. The Morgan fingerprint density at radius 1 is 1.44 bits per heavy atom. The molecule has 0 bridgehead atoms. The standard InChI is InChI=1S/C18H21N5OS/c1-22-10-13(9-19-22)11-23-6-2-4-14(12-23)18-20-15(8-17(24)21-18)16-5-3-7-25-16/h3,5,7-10,14H,2,4,6,11-12H2,1H3,(H,20,21,24)/t14-/m1/s1. The lowest BCUT2D eigenvalue weighted by Crippen LogP contribution is -2.35. The van der Waals surface area contributed by atoms with Crippen LogP contribution in [0.5, 0.6) is 0 Å². The Balaban J connectivity index is 1.54. The molecular weight excluding hydrogens is 334 g/mol. The monoisotopic (exact) mass is 355 g/mol. The molecule has 25 heavy (non-hydrogen) atoms. The van der Waals surface area contributed by atoms with Gasteiger partial charge in [0, 0.05) is 43.9 Å². The average Bonchev–Trinajstić information content (AvgIpc) is 3.27. The van der Waals surface area contributed by atoms with Crippen molar-refractivity contribution in [3.05, 3.63) is 57.7 Å². The van der Waals surface area contributed by atoms with E-state index in [1.807, 2.05) is 35.4 Å². The van der Waals surface area contributed by atoms with Crippen LogP contribution in [0.25, 0.3) is 10.6 Å². The quantitative estimate of drug-likeness (QED) is 0.781. The van der Waals surface area contributed by atoms with Crippen molar-refractivity contribution in [1.29, 1.82) is 0 Å². The number of nitrogens with zero attached hydrogens (tertiary/aromatic N) is 4. The highest BCUT2D eigenvalue weighted by Gasteiger charge is 2.24. The highest BCUT2D eigenvalue weighted by molar-refractivity contribution is 7.13. The number of rotatable bonds is 4. The average molecular weight is 355 g/mol. The van der Waals surface area contributed by atoms with Gasteiger partial charge in [0.1, 0.15) is 5.82 Å². The Morgan fingerprint density at radius 3 is 3.12 bits per heavy atom.